The molecule has 2 rings (SSSR count). The molecular formula is C10H12N4O5. The van der Waals surface area contributed by atoms with Crippen LogP contribution in [-0.4, -0.2) is 49.3 Å². The Balaban J connectivity index is 2.00. The van der Waals surface area contributed by atoms with E-state index in [9.17, 15) is 14.4 Å². The van der Waals surface area contributed by atoms with Crippen molar-refractivity contribution in [3.63, 3.8) is 0 Å². The van der Waals surface area contributed by atoms with Crippen molar-refractivity contribution in [3.8, 4) is 0 Å². The summed E-state index contributed by atoms with van der Waals surface area (Å²) in [6.07, 6.45) is 1.25. The first-order chi connectivity index (χ1) is 8.97. The van der Waals surface area contributed by atoms with E-state index < -0.39 is 30.3 Å². The van der Waals surface area contributed by atoms with Crippen LogP contribution in [0.25, 0.3) is 0 Å². The van der Waals surface area contributed by atoms with Crippen LogP contribution in [-0.2, 0) is 9.59 Å². The Morgan fingerprint density at radius 1 is 1.37 bits per heavy atom. The maximum atomic E-state index is 11.7. The van der Waals surface area contributed by atoms with Gasteiger partial charge >= 0.3 is 11.9 Å². The number of carboxylic acid groups (broad SMARTS) is 2. The van der Waals surface area contributed by atoms with E-state index in [0.717, 1.165) is 12.8 Å². The lowest BCUT2D eigenvalue weighted by Crippen LogP contribution is -2.42. The van der Waals surface area contributed by atoms with E-state index in [1.54, 1.807) is 0 Å². The second-order valence-corrected chi connectivity index (χ2v) is 4.28. The summed E-state index contributed by atoms with van der Waals surface area (Å²) in [5.74, 6) is -2.86. The predicted octanol–water partition coefficient (Wildman–Crippen LogP) is -0.660. The molecule has 19 heavy (non-hydrogen) atoms. The zero-order chi connectivity index (χ0) is 14.0. The fraction of sp³-hybridized carbons (Fsp3) is 0.500. The molecule has 0 radical (unpaired) electrons. The number of hydrogen-bond acceptors (Lipinski definition) is 5. The molecule has 1 atom stereocenters. The summed E-state index contributed by atoms with van der Waals surface area (Å²) < 4.78 is 0. The van der Waals surface area contributed by atoms with E-state index in [1.807, 2.05) is 0 Å². The third-order valence-corrected chi connectivity index (χ3v) is 2.65. The summed E-state index contributed by atoms with van der Waals surface area (Å²) in [6.45, 7) is 0. The van der Waals surface area contributed by atoms with Crippen LogP contribution in [0.2, 0.25) is 0 Å². The summed E-state index contributed by atoms with van der Waals surface area (Å²) >= 11 is 0. The number of rotatable bonds is 6. The second-order valence-electron chi connectivity index (χ2n) is 4.28. The number of H-pyrrole nitrogens is 1. The van der Waals surface area contributed by atoms with E-state index >= 15 is 0 Å². The molecule has 1 aromatic heterocycles. The van der Waals surface area contributed by atoms with Gasteiger partial charge in [0, 0.05) is 5.92 Å². The van der Waals surface area contributed by atoms with Crippen molar-refractivity contribution < 1.29 is 24.6 Å². The Morgan fingerprint density at radius 3 is 2.58 bits per heavy atom. The van der Waals surface area contributed by atoms with Gasteiger partial charge in [-0.15, -0.1) is 5.10 Å². The summed E-state index contributed by atoms with van der Waals surface area (Å²) in [5, 5.41) is 25.7. The second kappa shape index (κ2) is 5.04. The minimum atomic E-state index is -1.51. The minimum absolute atomic E-state index is 0.182. The fourth-order valence-electron chi connectivity index (χ4n) is 1.51. The summed E-state index contributed by atoms with van der Waals surface area (Å²) in [5.41, 5.74) is 0. The van der Waals surface area contributed by atoms with Crippen LogP contribution in [0.1, 0.15) is 41.6 Å². The number of hydrogen-bond donors (Lipinski definition) is 4. The summed E-state index contributed by atoms with van der Waals surface area (Å²) in [7, 11) is 0. The number of carbonyl (C=O) groups excluding carboxylic acids is 1. The standard InChI is InChI=1S/C10H12N4O5/c15-6(16)3-5(10(18)19)11-9(17)8-12-7(13-14-8)4-1-2-4/h4-5H,1-3H2,(H,11,17)(H,15,16)(H,18,19)(H,12,13,14)/t5-/m0/s1. The molecule has 1 amide bonds. The molecule has 4 N–H and O–H groups in total. The number of amides is 1. The summed E-state index contributed by atoms with van der Waals surface area (Å²) in [6, 6.07) is -1.51. The smallest absolute Gasteiger partial charge is 0.326 e. The molecule has 0 spiro atoms. The maximum absolute atomic E-state index is 11.7. The predicted molar refractivity (Wildman–Crippen MR) is 59.5 cm³/mol. The van der Waals surface area contributed by atoms with Gasteiger partial charge in [-0.1, -0.05) is 0 Å². The normalized spacial score (nSPS) is 15.8. The fourth-order valence-corrected chi connectivity index (χ4v) is 1.51. The lowest BCUT2D eigenvalue weighted by Gasteiger charge is -2.10. The largest absolute Gasteiger partial charge is 0.481 e. The molecule has 9 nitrogen and oxygen atoms in total. The van der Waals surface area contributed by atoms with Gasteiger partial charge in [-0.25, -0.2) is 9.78 Å². The van der Waals surface area contributed by atoms with Gasteiger partial charge < -0.3 is 15.5 Å². The molecule has 1 aliphatic carbocycles. The Labute approximate surface area is 107 Å². The SMILES string of the molecule is O=C(O)C[C@H](NC(=O)c1n[nH]c(C2CC2)n1)C(=O)O. The zero-order valence-electron chi connectivity index (χ0n) is 9.79. The topological polar surface area (TPSA) is 145 Å². The molecule has 0 saturated heterocycles. The number of carbonyl (C=O) groups is 3. The highest BCUT2D eigenvalue weighted by Crippen LogP contribution is 2.37. The number of carboxylic acids is 2. The van der Waals surface area contributed by atoms with Crippen molar-refractivity contribution in [1.29, 1.82) is 0 Å². The molecule has 9 heteroatoms. The molecule has 0 aliphatic heterocycles. The molecule has 102 valence electrons. The number of aromatic amines is 1. The molecule has 0 bridgehead atoms. The highest BCUT2D eigenvalue weighted by Gasteiger charge is 2.29. The highest BCUT2D eigenvalue weighted by atomic mass is 16.4. The van der Waals surface area contributed by atoms with Crippen molar-refractivity contribution in [2.45, 2.75) is 31.2 Å². The lowest BCUT2D eigenvalue weighted by atomic mass is 10.2. The Kier molecular flexibility index (Phi) is 3.45. The first kappa shape index (κ1) is 13.0. The molecular weight excluding hydrogens is 256 g/mol. The van der Waals surface area contributed by atoms with Crippen LogP contribution in [0.5, 0.6) is 0 Å². The first-order valence-corrected chi connectivity index (χ1v) is 5.65. The quantitative estimate of drug-likeness (QED) is 0.535. The highest BCUT2D eigenvalue weighted by molar-refractivity contribution is 5.94. The van der Waals surface area contributed by atoms with Crippen molar-refractivity contribution in [3.05, 3.63) is 11.6 Å². The monoisotopic (exact) mass is 268 g/mol. The van der Waals surface area contributed by atoms with Crippen LogP contribution in [0.15, 0.2) is 0 Å². The van der Waals surface area contributed by atoms with E-state index in [-0.39, 0.29) is 11.7 Å². The van der Waals surface area contributed by atoms with Crippen molar-refractivity contribution in [1.82, 2.24) is 20.5 Å². The molecule has 1 fully saturated rings. The average molecular weight is 268 g/mol. The van der Waals surface area contributed by atoms with Crippen LogP contribution >= 0.6 is 0 Å². The molecule has 0 aromatic carbocycles. The van der Waals surface area contributed by atoms with Gasteiger partial charge in [-0.3, -0.25) is 14.7 Å². The number of nitrogens with zero attached hydrogens (tertiary/aromatic N) is 2. The van der Waals surface area contributed by atoms with E-state index in [1.165, 1.54) is 0 Å². The van der Waals surface area contributed by atoms with Crippen molar-refractivity contribution >= 4 is 17.8 Å². The van der Waals surface area contributed by atoms with E-state index in [2.05, 4.69) is 20.5 Å². The van der Waals surface area contributed by atoms with Crippen LogP contribution in [0.3, 0.4) is 0 Å². The molecule has 1 saturated carbocycles. The van der Waals surface area contributed by atoms with Gasteiger partial charge in [0.15, 0.2) is 0 Å². The number of aromatic nitrogens is 3. The minimum Gasteiger partial charge on any atom is -0.481 e. The van der Waals surface area contributed by atoms with Gasteiger partial charge in [-0.2, -0.15) is 0 Å². The van der Waals surface area contributed by atoms with Crippen LogP contribution < -0.4 is 5.32 Å². The molecule has 0 unspecified atom stereocenters. The van der Waals surface area contributed by atoms with E-state index in [4.69, 9.17) is 10.2 Å². The van der Waals surface area contributed by atoms with Crippen molar-refractivity contribution in [2.24, 2.45) is 0 Å². The zero-order valence-corrected chi connectivity index (χ0v) is 9.79. The maximum Gasteiger partial charge on any atom is 0.326 e. The van der Waals surface area contributed by atoms with Gasteiger partial charge in [0.1, 0.15) is 11.9 Å². The molecule has 1 heterocycles. The summed E-state index contributed by atoms with van der Waals surface area (Å²) in [4.78, 5) is 36.9. The van der Waals surface area contributed by atoms with Gasteiger partial charge in [0.05, 0.1) is 6.42 Å². The van der Waals surface area contributed by atoms with Crippen LogP contribution in [0, 0.1) is 0 Å². The van der Waals surface area contributed by atoms with E-state index in [0.29, 0.717) is 5.82 Å². The number of aliphatic carboxylic acids is 2. The van der Waals surface area contributed by atoms with Crippen LogP contribution in [0.4, 0.5) is 0 Å². The molecule has 1 aliphatic rings. The Morgan fingerprint density at radius 2 is 2.05 bits per heavy atom. The third-order valence-electron chi connectivity index (χ3n) is 2.65. The number of nitrogens with one attached hydrogen (secondary N) is 2. The lowest BCUT2D eigenvalue weighted by molar-refractivity contribution is -0.145. The van der Waals surface area contributed by atoms with Gasteiger partial charge in [0.25, 0.3) is 5.91 Å². The van der Waals surface area contributed by atoms with Gasteiger partial charge in [0.2, 0.25) is 5.82 Å². The first-order valence-electron chi connectivity index (χ1n) is 5.65. The average Bonchev–Trinajstić information content (AvgIpc) is 3.05. The molecule has 1 aromatic rings. The third kappa shape index (κ3) is 3.27. The Bertz CT molecular complexity index is 522. The van der Waals surface area contributed by atoms with Gasteiger partial charge in [-0.05, 0) is 12.8 Å². The Hall–Kier alpha value is -2.45. The van der Waals surface area contributed by atoms with Crippen molar-refractivity contribution in [2.75, 3.05) is 0 Å².